The van der Waals surface area contributed by atoms with E-state index in [1.54, 1.807) is 31.1 Å². The van der Waals surface area contributed by atoms with Crippen molar-refractivity contribution in [2.45, 2.75) is 25.8 Å². The number of rotatable bonds is 3. The first-order chi connectivity index (χ1) is 9.49. The topological polar surface area (TPSA) is 74.3 Å². The van der Waals surface area contributed by atoms with Gasteiger partial charge in [0.1, 0.15) is 5.82 Å². The Labute approximate surface area is 118 Å². The summed E-state index contributed by atoms with van der Waals surface area (Å²) in [5.41, 5.74) is 1.37. The number of nitrogens with one attached hydrogen (secondary N) is 2. The van der Waals surface area contributed by atoms with Crippen LogP contribution < -0.4 is 10.6 Å². The number of carbonyl (C=O) groups excluding carboxylic acids is 2. The number of amides is 2. The van der Waals surface area contributed by atoms with Crippen molar-refractivity contribution in [1.82, 2.24) is 15.2 Å². The Balaban J connectivity index is 2.05. The summed E-state index contributed by atoms with van der Waals surface area (Å²) in [6, 6.07) is 3.49. The van der Waals surface area contributed by atoms with E-state index in [1.807, 2.05) is 6.92 Å². The van der Waals surface area contributed by atoms with Gasteiger partial charge in [0.2, 0.25) is 5.91 Å². The number of likely N-dealkylation sites (N-methyl/N-ethyl adjacent to an activating group) is 1. The van der Waals surface area contributed by atoms with Gasteiger partial charge in [-0.2, -0.15) is 0 Å². The number of aromatic nitrogens is 1. The first-order valence-electron chi connectivity index (χ1n) is 6.71. The van der Waals surface area contributed by atoms with Gasteiger partial charge >= 0.3 is 0 Å². The molecule has 1 fully saturated rings. The molecule has 0 spiro atoms. The van der Waals surface area contributed by atoms with E-state index in [-0.39, 0.29) is 17.9 Å². The predicted molar refractivity (Wildman–Crippen MR) is 76.6 cm³/mol. The summed E-state index contributed by atoms with van der Waals surface area (Å²) >= 11 is 0. The molecule has 2 N–H and O–H groups in total. The molecule has 1 saturated heterocycles. The van der Waals surface area contributed by atoms with E-state index in [2.05, 4.69) is 15.6 Å². The van der Waals surface area contributed by atoms with Crippen molar-refractivity contribution < 1.29 is 9.59 Å². The number of likely N-dealkylation sites (tertiary alicyclic amines) is 1. The van der Waals surface area contributed by atoms with Crippen molar-refractivity contribution in [3.05, 3.63) is 23.4 Å². The molecule has 0 bridgehead atoms. The zero-order valence-electron chi connectivity index (χ0n) is 12.1. The summed E-state index contributed by atoms with van der Waals surface area (Å²) in [6.45, 7) is 2.41. The Hall–Kier alpha value is -2.11. The smallest absolute Gasteiger partial charge is 0.251 e. The van der Waals surface area contributed by atoms with Crippen LogP contribution in [0.2, 0.25) is 0 Å². The fourth-order valence-corrected chi connectivity index (χ4v) is 2.33. The Kier molecular flexibility index (Phi) is 4.22. The SMILES string of the molecule is CNc1cc(C(=O)NC2CCC(=O)N(C)C2)cc(C)n1. The number of hydrogen-bond acceptors (Lipinski definition) is 4. The molecule has 0 saturated carbocycles. The van der Waals surface area contributed by atoms with Crippen LogP contribution >= 0.6 is 0 Å². The number of pyridine rings is 1. The molecule has 0 aromatic carbocycles. The summed E-state index contributed by atoms with van der Waals surface area (Å²) in [5, 5.41) is 5.91. The molecule has 6 heteroatoms. The predicted octanol–water partition coefficient (Wildman–Crippen LogP) is 0.782. The minimum absolute atomic E-state index is 0.0108. The molecule has 0 radical (unpaired) electrons. The number of piperidine rings is 1. The van der Waals surface area contributed by atoms with Gasteiger partial charge in [0.25, 0.3) is 5.91 Å². The molecular formula is C14H20N4O2. The van der Waals surface area contributed by atoms with Crippen LogP contribution in [-0.4, -0.2) is 48.4 Å². The van der Waals surface area contributed by atoms with E-state index in [0.29, 0.717) is 30.8 Å². The molecule has 1 aromatic rings. The maximum absolute atomic E-state index is 12.3. The van der Waals surface area contributed by atoms with Crippen molar-refractivity contribution in [2.75, 3.05) is 26.0 Å². The number of aryl methyl sites for hydroxylation is 1. The van der Waals surface area contributed by atoms with Crippen molar-refractivity contribution in [1.29, 1.82) is 0 Å². The van der Waals surface area contributed by atoms with Crippen LogP contribution in [0.25, 0.3) is 0 Å². The van der Waals surface area contributed by atoms with Crippen molar-refractivity contribution in [2.24, 2.45) is 0 Å². The maximum atomic E-state index is 12.3. The average molecular weight is 276 g/mol. The van der Waals surface area contributed by atoms with Gasteiger partial charge in [0.05, 0.1) is 0 Å². The molecule has 1 aliphatic heterocycles. The largest absolute Gasteiger partial charge is 0.373 e. The fraction of sp³-hybridized carbons (Fsp3) is 0.500. The highest BCUT2D eigenvalue weighted by Crippen LogP contribution is 2.13. The van der Waals surface area contributed by atoms with Crippen LogP contribution in [0.3, 0.4) is 0 Å². The molecule has 2 rings (SSSR count). The standard InChI is InChI=1S/C14H20N4O2/c1-9-6-10(7-12(15-2)16-9)14(20)17-11-4-5-13(19)18(3)8-11/h6-7,11H,4-5,8H2,1-3H3,(H,15,16)(H,17,20). The Morgan fingerprint density at radius 1 is 1.45 bits per heavy atom. The highest BCUT2D eigenvalue weighted by atomic mass is 16.2. The molecule has 0 aliphatic carbocycles. The lowest BCUT2D eigenvalue weighted by atomic mass is 10.1. The Morgan fingerprint density at radius 2 is 2.20 bits per heavy atom. The van der Waals surface area contributed by atoms with E-state index in [0.717, 1.165) is 5.69 Å². The third-order valence-corrected chi connectivity index (χ3v) is 3.43. The number of carbonyl (C=O) groups is 2. The molecule has 1 aromatic heterocycles. The first kappa shape index (κ1) is 14.3. The van der Waals surface area contributed by atoms with Crippen LogP contribution in [0, 0.1) is 6.92 Å². The van der Waals surface area contributed by atoms with Gasteiger partial charge in [-0.3, -0.25) is 9.59 Å². The van der Waals surface area contributed by atoms with Gasteiger partial charge in [0.15, 0.2) is 0 Å². The van der Waals surface area contributed by atoms with Gasteiger partial charge < -0.3 is 15.5 Å². The van der Waals surface area contributed by atoms with Gasteiger partial charge in [-0.15, -0.1) is 0 Å². The summed E-state index contributed by atoms with van der Waals surface area (Å²) < 4.78 is 0. The summed E-state index contributed by atoms with van der Waals surface area (Å²) in [7, 11) is 3.53. The number of anilines is 1. The normalized spacial score (nSPS) is 18.9. The Bertz CT molecular complexity index is 530. The maximum Gasteiger partial charge on any atom is 0.251 e. The molecule has 1 atom stereocenters. The third-order valence-electron chi connectivity index (χ3n) is 3.43. The molecule has 20 heavy (non-hydrogen) atoms. The van der Waals surface area contributed by atoms with Crippen LogP contribution in [0.4, 0.5) is 5.82 Å². The van der Waals surface area contributed by atoms with Crippen LogP contribution in [0.15, 0.2) is 12.1 Å². The first-order valence-corrected chi connectivity index (χ1v) is 6.71. The van der Waals surface area contributed by atoms with Gasteiger partial charge in [0, 0.05) is 44.4 Å². The van der Waals surface area contributed by atoms with E-state index in [4.69, 9.17) is 0 Å². The second-order valence-electron chi connectivity index (χ2n) is 5.12. The highest BCUT2D eigenvalue weighted by Gasteiger charge is 2.24. The zero-order chi connectivity index (χ0) is 14.7. The Morgan fingerprint density at radius 3 is 2.85 bits per heavy atom. The quantitative estimate of drug-likeness (QED) is 0.855. The minimum Gasteiger partial charge on any atom is -0.373 e. The monoisotopic (exact) mass is 276 g/mol. The van der Waals surface area contributed by atoms with E-state index >= 15 is 0 Å². The minimum atomic E-state index is -0.125. The van der Waals surface area contributed by atoms with E-state index in [9.17, 15) is 9.59 Å². The summed E-state index contributed by atoms with van der Waals surface area (Å²) in [4.78, 5) is 29.6. The van der Waals surface area contributed by atoms with E-state index < -0.39 is 0 Å². The molecule has 1 aliphatic rings. The van der Waals surface area contributed by atoms with Gasteiger partial charge in [-0.1, -0.05) is 0 Å². The highest BCUT2D eigenvalue weighted by molar-refractivity contribution is 5.95. The third kappa shape index (κ3) is 3.26. The molecule has 6 nitrogen and oxygen atoms in total. The average Bonchev–Trinajstić information content (AvgIpc) is 2.42. The number of hydrogen-bond donors (Lipinski definition) is 2. The van der Waals surface area contributed by atoms with Gasteiger partial charge in [-0.05, 0) is 25.5 Å². The lowest BCUT2D eigenvalue weighted by molar-refractivity contribution is -0.132. The summed E-state index contributed by atoms with van der Waals surface area (Å²) in [5.74, 6) is 0.679. The molecule has 108 valence electrons. The number of nitrogens with zero attached hydrogens (tertiary/aromatic N) is 2. The fourth-order valence-electron chi connectivity index (χ4n) is 2.33. The molecule has 2 amide bonds. The van der Waals surface area contributed by atoms with Crippen LogP contribution in [0.1, 0.15) is 28.9 Å². The van der Waals surface area contributed by atoms with Crippen molar-refractivity contribution >= 4 is 17.6 Å². The van der Waals surface area contributed by atoms with Gasteiger partial charge in [-0.25, -0.2) is 4.98 Å². The van der Waals surface area contributed by atoms with Crippen LogP contribution in [-0.2, 0) is 4.79 Å². The molecule has 1 unspecified atom stereocenters. The second kappa shape index (κ2) is 5.90. The lowest BCUT2D eigenvalue weighted by Crippen LogP contribution is -2.48. The summed E-state index contributed by atoms with van der Waals surface area (Å²) in [6.07, 6.45) is 1.18. The van der Waals surface area contributed by atoms with Crippen molar-refractivity contribution in [3.8, 4) is 0 Å². The van der Waals surface area contributed by atoms with Crippen molar-refractivity contribution in [3.63, 3.8) is 0 Å². The van der Waals surface area contributed by atoms with Crippen LogP contribution in [0.5, 0.6) is 0 Å². The molecule has 2 heterocycles. The zero-order valence-corrected chi connectivity index (χ0v) is 12.1. The molecular weight excluding hydrogens is 256 g/mol. The van der Waals surface area contributed by atoms with E-state index in [1.165, 1.54) is 0 Å². The second-order valence-corrected chi connectivity index (χ2v) is 5.12. The lowest BCUT2D eigenvalue weighted by Gasteiger charge is -2.30.